The van der Waals surface area contributed by atoms with Crippen molar-refractivity contribution in [3.8, 4) is 11.5 Å². The van der Waals surface area contributed by atoms with Gasteiger partial charge in [0.2, 0.25) is 0 Å². The second kappa shape index (κ2) is 5.66. The fourth-order valence-corrected chi connectivity index (χ4v) is 1.59. The van der Waals surface area contributed by atoms with E-state index in [0.29, 0.717) is 5.02 Å². The summed E-state index contributed by atoms with van der Waals surface area (Å²) in [5.74, 6) is 1.56. The van der Waals surface area contributed by atoms with Crippen LogP contribution in [0.5, 0.6) is 11.5 Å². The normalized spacial score (nSPS) is 10.2. The molecule has 2 rings (SSSR count). The van der Waals surface area contributed by atoms with Crippen LogP contribution in [0, 0.1) is 0 Å². The zero-order valence-electron chi connectivity index (χ0n) is 9.48. The molecule has 2 aromatic rings. The smallest absolute Gasteiger partial charge is 0.134 e. The van der Waals surface area contributed by atoms with Crippen molar-refractivity contribution in [2.45, 2.75) is 6.54 Å². The van der Waals surface area contributed by atoms with Crippen molar-refractivity contribution in [2.24, 2.45) is 0 Å². The maximum absolute atomic E-state index is 5.82. The molecule has 3 nitrogen and oxygen atoms in total. The Balaban J connectivity index is 2.20. The van der Waals surface area contributed by atoms with Crippen molar-refractivity contribution in [3.63, 3.8) is 0 Å². The monoisotopic (exact) mass is 248 g/mol. The van der Waals surface area contributed by atoms with E-state index in [9.17, 15) is 0 Å². The third-order valence-electron chi connectivity index (χ3n) is 2.27. The van der Waals surface area contributed by atoms with E-state index in [2.05, 4.69) is 10.3 Å². The first-order valence-corrected chi connectivity index (χ1v) is 5.68. The van der Waals surface area contributed by atoms with Gasteiger partial charge >= 0.3 is 0 Å². The minimum absolute atomic E-state index is 0.697. The fraction of sp³-hybridized carbons (Fsp3) is 0.154. The van der Waals surface area contributed by atoms with E-state index in [4.69, 9.17) is 16.3 Å². The fourth-order valence-electron chi connectivity index (χ4n) is 1.47. The Morgan fingerprint density at radius 2 is 2.00 bits per heavy atom. The first-order valence-electron chi connectivity index (χ1n) is 5.30. The van der Waals surface area contributed by atoms with Crippen LogP contribution in [0.1, 0.15) is 5.56 Å². The Labute approximate surface area is 105 Å². The van der Waals surface area contributed by atoms with Crippen LogP contribution in [0.3, 0.4) is 0 Å². The molecule has 1 aromatic carbocycles. The lowest BCUT2D eigenvalue weighted by atomic mass is 10.2. The largest absolute Gasteiger partial charge is 0.457 e. The SMILES string of the molecule is CNCc1cnccc1Oc1ccc(Cl)cc1. The number of nitrogens with one attached hydrogen (secondary N) is 1. The Kier molecular flexibility index (Phi) is 3.96. The number of hydrogen-bond donors (Lipinski definition) is 1. The van der Waals surface area contributed by atoms with Gasteiger partial charge in [-0.1, -0.05) is 11.6 Å². The number of hydrogen-bond acceptors (Lipinski definition) is 3. The van der Waals surface area contributed by atoms with Crippen LogP contribution in [0.4, 0.5) is 0 Å². The van der Waals surface area contributed by atoms with E-state index in [1.165, 1.54) is 0 Å². The van der Waals surface area contributed by atoms with Gasteiger partial charge in [-0.3, -0.25) is 4.98 Å². The van der Waals surface area contributed by atoms with Crippen LogP contribution in [0.25, 0.3) is 0 Å². The number of pyridine rings is 1. The van der Waals surface area contributed by atoms with Crippen LogP contribution >= 0.6 is 11.6 Å². The molecule has 0 atom stereocenters. The van der Waals surface area contributed by atoms with Gasteiger partial charge in [-0.2, -0.15) is 0 Å². The molecule has 0 fully saturated rings. The van der Waals surface area contributed by atoms with Crippen molar-refractivity contribution < 1.29 is 4.74 Å². The lowest BCUT2D eigenvalue weighted by Crippen LogP contribution is -2.06. The summed E-state index contributed by atoms with van der Waals surface area (Å²) in [4.78, 5) is 4.08. The number of rotatable bonds is 4. The number of ether oxygens (including phenoxy) is 1. The predicted octanol–water partition coefficient (Wildman–Crippen LogP) is 3.25. The standard InChI is InChI=1S/C13H13ClN2O/c1-15-8-10-9-16-7-6-13(10)17-12-4-2-11(14)3-5-12/h2-7,9,15H,8H2,1H3. The maximum Gasteiger partial charge on any atom is 0.134 e. The summed E-state index contributed by atoms with van der Waals surface area (Å²) in [5, 5.41) is 3.77. The van der Waals surface area contributed by atoms with E-state index in [1.54, 1.807) is 24.5 Å². The van der Waals surface area contributed by atoms with Crippen LogP contribution < -0.4 is 10.1 Å². The molecule has 0 unspecified atom stereocenters. The van der Waals surface area contributed by atoms with Gasteiger partial charge in [0.05, 0.1) is 0 Å². The van der Waals surface area contributed by atoms with E-state index in [-0.39, 0.29) is 0 Å². The van der Waals surface area contributed by atoms with E-state index >= 15 is 0 Å². The van der Waals surface area contributed by atoms with E-state index in [0.717, 1.165) is 23.6 Å². The summed E-state index contributed by atoms with van der Waals surface area (Å²) in [6.07, 6.45) is 3.51. The minimum Gasteiger partial charge on any atom is -0.457 e. The van der Waals surface area contributed by atoms with Crippen LogP contribution in [0.15, 0.2) is 42.7 Å². The number of benzene rings is 1. The first-order chi connectivity index (χ1) is 8.29. The molecule has 0 aliphatic carbocycles. The average Bonchev–Trinajstić information content (AvgIpc) is 2.35. The molecule has 0 saturated heterocycles. The molecule has 88 valence electrons. The van der Waals surface area contributed by atoms with Crippen LogP contribution in [-0.4, -0.2) is 12.0 Å². The van der Waals surface area contributed by atoms with Crippen molar-refractivity contribution in [2.75, 3.05) is 7.05 Å². The number of halogens is 1. The van der Waals surface area contributed by atoms with Crippen molar-refractivity contribution in [1.29, 1.82) is 0 Å². The Morgan fingerprint density at radius 3 is 2.71 bits per heavy atom. The molecule has 17 heavy (non-hydrogen) atoms. The highest BCUT2D eigenvalue weighted by atomic mass is 35.5. The van der Waals surface area contributed by atoms with Crippen LogP contribution in [0.2, 0.25) is 5.02 Å². The predicted molar refractivity (Wildman–Crippen MR) is 68.5 cm³/mol. The summed E-state index contributed by atoms with van der Waals surface area (Å²) >= 11 is 5.82. The van der Waals surface area contributed by atoms with Gasteiger partial charge in [-0.15, -0.1) is 0 Å². The van der Waals surface area contributed by atoms with Crippen molar-refractivity contribution in [1.82, 2.24) is 10.3 Å². The summed E-state index contributed by atoms with van der Waals surface area (Å²) in [6, 6.07) is 9.13. The molecule has 0 radical (unpaired) electrons. The van der Waals surface area contributed by atoms with Crippen molar-refractivity contribution >= 4 is 11.6 Å². The maximum atomic E-state index is 5.82. The molecular weight excluding hydrogens is 236 g/mol. The second-order valence-electron chi connectivity index (χ2n) is 3.57. The average molecular weight is 249 g/mol. The Morgan fingerprint density at radius 1 is 1.24 bits per heavy atom. The Bertz CT molecular complexity index is 485. The highest BCUT2D eigenvalue weighted by Gasteiger charge is 2.03. The van der Waals surface area contributed by atoms with Gasteiger partial charge in [0.15, 0.2) is 0 Å². The van der Waals surface area contributed by atoms with Gasteiger partial charge in [0.1, 0.15) is 11.5 Å². The minimum atomic E-state index is 0.697. The quantitative estimate of drug-likeness (QED) is 0.902. The zero-order chi connectivity index (χ0) is 12.1. The number of nitrogens with zero attached hydrogens (tertiary/aromatic N) is 1. The molecule has 0 bridgehead atoms. The van der Waals surface area contributed by atoms with E-state index < -0.39 is 0 Å². The molecule has 0 spiro atoms. The van der Waals surface area contributed by atoms with Gasteiger partial charge in [0, 0.05) is 29.5 Å². The second-order valence-corrected chi connectivity index (χ2v) is 4.01. The molecule has 4 heteroatoms. The topological polar surface area (TPSA) is 34.2 Å². The Hall–Kier alpha value is -1.58. The van der Waals surface area contributed by atoms with Crippen molar-refractivity contribution in [3.05, 3.63) is 53.3 Å². The van der Waals surface area contributed by atoms with Gasteiger partial charge in [-0.25, -0.2) is 0 Å². The molecule has 0 aliphatic heterocycles. The molecule has 1 N–H and O–H groups in total. The highest BCUT2D eigenvalue weighted by molar-refractivity contribution is 6.30. The molecule has 1 heterocycles. The van der Waals surface area contributed by atoms with E-state index in [1.807, 2.05) is 25.2 Å². The lowest BCUT2D eigenvalue weighted by molar-refractivity contribution is 0.473. The first kappa shape index (κ1) is 11.9. The summed E-state index contributed by atoms with van der Waals surface area (Å²) in [5.41, 5.74) is 1.02. The van der Waals surface area contributed by atoms with Gasteiger partial charge < -0.3 is 10.1 Å². The van der Waals surface area contributed by atoms with Crippen LogP contribution in [-0.2, 0) is 6.54 Å². The molecule has 1 aromatic heterocycles. The summed E-state index contributed by atoms with van der Waals surface area (Å²) < 4.78 is 5.78. The lowest BCUT2D eigenvalue weighted by Gasteiger charge is -2.10. The highest BCUT2D eigenvalue weighted by Crippen LogP contribution is 2.25. The molecular formula is C13H13ClN2O. The summed E-state index contributed by atoms with van der Waals surface area (Å²) in [6.45, 7) is 0.719. The molecule has 0 amide bonds. The molecule has 0 aliphatic rings. The summed E-state index contributed by atoms with van der Waals surface area (Å²) in [7, 11) is 1.89. The molecule has 0 saturated carbocycles. The van der Waals surface area contributed by atoms with Gasteiger partial charge in [0.25, 0.3) is 0 Å². The third kappa shape index (κ3) is 3.19. The third-order valence-corrected chi connectivity index (χ3v) is 2.52. The van der Waals surface area contributed by atoms with Gasteiger partial charge in [-0.05, 0) is 37.4 Å². The zero-order valence-corrected chi connectivity index (χ0v) is 10.2. The number of aromatic nitrogens is 1.